The Morgan fingerprint density at radius 3 is 2.90 bits per heavy atom. The Morgan fingerprint density at radius 1 is 1.52 bits per heavy atom. The van der Waals surface area contributed by atoms with Gasteiger partial charge in [-0.1, -0.05) is 32.0 Å². The van der Waals surface area contributed by atoms with Gasteiger partial charge in [0.05, 0.1) is 10.6 Å². The molecule has 6 heteroatoms. The highest BCUT2D eigenvalue weighted by molar-refractivity contribution is 8.14. The lowest BCUT2D eigenvalue weighted by atomic mass is 10.1. The summed E-state index contributed by atoms with van der Waals surface area (Å²) in [6, 6.07) is 4.84. The standard InChI is InChI=1S/C15H21N3O2S/c1-4-11(2)10-17-7-8-21-15(17)16-14-6-5-13(18(19)20)9-12(14)3/h5-6,9,11H,4,7-8,10H2,1-3H3. The molecule has 0 saturated carbocycles. The molecule has 1 heterocycles. The molecule has 0 spiro atoms. The highest BCUT2D eigenvalue weighted by Crippen LogP contribution is 2.28. The minimum absolute atomic E-state index is 0.118. The number of nitrogens with zero attached hydrogens (tertiary/aromatic N) is 3. The van der Waals surface area contributed by atoms with E-state index in [9.17, 15) is 10.1 Å². The van der Waals surface area contributed by atoms with Crippen LogP contribution in [0.2, 0.25) is 0 Å². The number of benzene rings is 1. The predicted molar refractivity (Wildman–Crippen MR) is 88.4 cm³/mol. The van der Waals surface area contributed by atoms with Gasteiger partial charge in [-0.15, -0.1) is 0 Å². The van der Waals surface area contributed by atoms with Crippen LogP contribution >= 0.6 is 11.8 Å². The molecule has 1 aromatic rings. The molecule has 0 N–H and O–H groups in total. The van der Waals surface area contributed by atoms with Crippen molar-refractivity contribution in [2.75, 3.05) is 18.8 Å². The summed E-state index contributed by atoms with van der Waals surface area (Å²) >= 11 is 1.76. The van der Waals surface area contributed by atoms with Crippen LogP contribution in [-0.4, -0.2) is 33.8 Å². The Hall–Kier alpha value is -1.56. The molecule has 0 amide bonds. The first kappa shape index (κ1) is 15.8. The van der Waals surface area contributed by atoms with Crippen molar-refractivity contribution < 1.29 is 4.92 Å². The van der Waals surface area contributed by atoms with Gasteiger partial charge in [0.25, 0.3) is 5.69 Å². The summed E-state index contributed by atoms with van der Waals surface area (Å²) in [5.41, 5.74) is 1.78. The van der Waals surface area contributed by atoms with E-state index >= 15 is 0 Å². The molecule has 0 aliphatic carbocycles. The average Bonchev–Trinajstić information content (AvgIpc) is 2.87. The molecular weight excluding hydrogens is 286 g/mol. The molecule has 1 unspecified atom stereocenters. The fourth-order valence-corrected chi connectivity index (χ4v) is 3.20. The monoisotopic (exact) mass is 307 g/mol. The summed E-state index contributed by atoms with van der Waals surface area (Å²) in [4.78, 5) is 17.4. The first-order valence-electron chi connectivity index (χ1n) is 7.22. The van der Waals surface area contributed by atoms with Gasteiger partial charge in [0, 0.05) is 31.0 Å². The van der Waals surface area contributed by atoms with Crippen LogP contribution in [0, 0.1) is 23.0 Å². The number of aliphatic imine (C=N–C) groups is 1. The van der Waals surface area contributed by atoms with Crippen molar-refractivity contribution >= 4 is 28.3 Å². The molecule has 114 valence electrons. The molecule has 2 rings (SSSR count). The number of non-ortho nitro benzene ring substituents is 1. The summed E-state index contributed by atoms with van der Waals surface area (Å²) in [6.07, 6.45) is 1.16. The van der Waals surface area contributed by atoms with Gasteiger partial charge in [-0.05, 0) is 24.5 Å². The summed E-state index contributed by atoms with van der Waals surface area (Å²) in [6.45, 7) is 8.36. The third kappa shape index (κ3) is 3.97. The number of hydrogen-bond donors (Lipinski definition) is 0. The second-order valence-electron chi connectivity index (χ2n) is 5.43. The molecule has 21 heavy (non-hydrogen) atoms. The molecule has 1 aliphatic rings. The van der Waals surface area contributed by atoms with Gasteiger partial charge in [-0.2, -0.15) is 0 Å². The topological polar surface area (TPSA) is 58.7 Å². The molecule has 0 bridgehead atoms. The number of hydrogen-bond acceptors (Lipinski definition) is 4. The first-order chi connectivity index (χ1) is 10.0. The van der Waals surface area contributed by atoms with Crippen molar-refractivity contribution in [3.63, 3.8) is 0 Å². The van der Waals surface area contributed by atoms with Crippen LogP contribution in [0.25, 0.3) is 0 Å². The van der Waals surface area contributed by atoms with Crippen molar-refractivity contribution in [3.05, 3.63) is 33.9 Å². The summed E-state index contributed by atoms with van der Waals surface area (Å²) in [7, 11) is 0. The van der Waals surface area contributed by atoms with Gasteiger partial charge in [-0.25, -0.2) is 4.99 Å². The maximum absolute atomic E-state index is 10.8. The van der Waals surface area contributed by atoms with Gasteiger partial charge in [0.15, 0.2) is 5.17 Å². The molecule has 1 aromatic carbocycles. The van der Waals surface area contributed by atoms with E-state index < -0.39 is 0 Å². The van der Waals surface area contributed by atoms with Crippen molar-refractivity contribution in [2.24, 2.45) is 10.9 Å². The molecule has 0 radical (unpaired) electrons. The lowest BCUT2D eigenvalue weighted by molar-refractivity contribution is -0.384. The van der Waals surface area contributed by atoms with Gasteiger partial charge in [-0.3, -0.25) is 10.1 Å². The molecular formula is C15H21N3O2S. The van der Waals surface area contributed by atoms with Crippen molar-refractivity contribution in [1.82, 2.24) is 4.90 Å². The summed E-state index contributed by atoms with van der Waals surface area (Å²) in [5, 5.41) is 11.8. The second-order valence-corrected chi connectivity index (χ2v) is 6.49. The molecule has 1 fully saturated rings. The zero-order valence-corrected chi connectivity index (χ0v) is 13.5. The molecule has 1 saturated heterocycles. The van der Waals surface area contributed by atoms with Crippen LogP contribution in [0.3, 0.4) is 0 Å². The number of rotatable bonds is 5. The van der Waals surface area contributed by atoms with Crippen LogP contribution < -0.4 is 0 Å². The van der Waals surface area contributed by atoms with Crippen molar-refractivity contribution in [2.45, 2.75) is 27.2 Å². The number of thioether (sulfide) groups is 1. The van der Waals surface area contributed by atoms with E-state index in [0.717, 1.165) is 41.7 Å². The number of aryl methyl sites for hydroxylation is 1. The first-order valence-corrected chi connectivity index (χ1v) is 8.21. The van der Waals surface area contributed by atoms with Gasteiger partial charge >= 0.3 is 0 Å². The van der Waals surface area contributed by atoms with E-state index in [-0.39, 0.29) is 10.6 Å². The van der Waals surface area contributed by atoms with Crippen LogP contribution in [0.15, 0.2) is 23.2 Å². The van der Waals surface area contributed by atoms with Gasteiger partial charge in [0.1, 0.15) is 0 Å². The van der Waals surface area contributed by atoms with E-state index in [1.54, 1.807) is 23.9 Å². The summed E-state index contributed by atoms with van der Waals surface area (Å²) in [5.74, 6) is 1.70. The second kappa shape index (κ2) is 6.93. The van der Waals surface area contributed by atoms with Crippen LogP contribution in [0.4, 0.5) is 11.4 Å². The minimum Gasteiger partial charge on any atom is -0.350 e. The minimum atomic E-state index is -0.372. The smallest absolute Gasteiger partial charge is 0.269 e. The fraction of sp³-hybridized carbons (Fsp3) is 0.533. The Kier molecular flexibility index (Phi) is 5.22. The normalized spacial score (nSPS) is 18.2. The number of nitro groups is 1. The quantitative estimate of drug-likeness (QED) is 0.609. The zero-order valence-electron chi connectivity index (χ0n) is 12.7. The van der Waals surface area contributed by atoms with E-state index in [2.05, 4.69) is 18.7 Å². The predicted octanol–water partition coefficient (Wildman–Crippen LogP) is 3.99. The maximum Gasteiger partial charge on any atom is 0.269 e. The Labute approximate surface area is 129 Å². The fourth-order valence-electron chi connectivity index (χ4n) is 2.19. The summed E-state index contributed by atoms with van der Waals surface area (Å²) < 4.78 is 0. The van der Waals surface area contributed by atoms with E-state index in [1.807, 2.05) is 6.92 Å². The number of amidine groups is 1. The maximum atomic E-state index is 10.8. The Bertz CT molecular complexity index is 560. The third-order valence-corrected chi connectivity index (χ3v) is 4.69. The molecule has 1 atom stereocenters. The molecule has 0 aromatic heterocycles. The van der Waals surface area contributed by atoms with Crippen LogP contribution in [0.5, 0.6) is 0 Å². The van der Waals surface area contributed by atoms with E-state index in [4.69, 9.17) is 4.99 Å². The third-order valence-electron chi connectivity index (χ3n) is 3.70. The van der Waals surface area contributed by atoms with Crippen molar-refractivity contribution in [1.29, 1.82) is 0 Å². The van der Waals surface area contributed by atoms with E-state index in [0.29, 0.717) is 5.92 Å². The largest absolute Gasteiger partial charge is 0.350 e. The van der Waals surface area contributed by atoms with Gasteiger partial charge in [0.2, 0.25) is 0 Å². The highest BCUT2D eigenvalue weighted by atomic mass is 32.2. The lowest BCUT2D eigenvalue weighted by Gasteiger charge is -2.21. The molecule has 5 nitrogen and oxygen atoms in total. The zero-order chi connectivity index (χ0) is 15.4. The van der Waals surface area contributed by atoms with Crippen LogP contribution in [0.1, 0.15) is 25.8 Å². The Morgan fingerprint density at radius 2 is 2.29 bits per heavy atom. The number of nitro benzene ring substituents is 1. The average molecular weight is 307 g/mol. The lowest BCUT2D eigenvalue weighted by Crippen LogP contribution is -2.29. The Balaban J connectivity index is 2.20. The van der Waals surface area contributed by atoms with Crippen molar-refractivity contribution in [3.8, 4) is 0 Å². The highest BCUT2D eigenvalue weighted by Gasteiger charge is 2.21. The molecule has 1 aliphatic heterocycles. The van der Waals surface area contributed by atoms with Gasteiger partial charge < -0.3 is 4.90 Å². The SMILES string of the molecule is CCC(C)CN1CCSC1=Nc1ccc([N+](=O)[O-])cc1C. The van der Waals surface area contributed by atoms with E-state index in [1.165, 1.54) is 6.07 Å². The van der Waals surface area contributed by atoms with Crippen LogP contribution in [-0.2, 0) is 0 Å².